The molecule has 2 aromatic heterocycles. The number of anilines is 1. The summed E-state index contributed by atoms with van der Waals surface area (Å²) < 4.78 is 50.7. The maximum Gasteiger partial charge on any atom is 0.416 e. The van der Waals surface area contributed by atoms with E-state index in [9.17, 15) is 28.1 Å². The van der Waals surface area contributed by atoms with E-state index in [0.717, 1.165) is 12.1 Å². The number of nitro groups is 1. The first kappa shape index (κ1) is 22.5. The van der Waals surface area contributed by atoms with Crippen LogP contribution in [0.3, 0.4) is 0 Å². The fraction of sp³-hybridized carbons (Fsp3) is 0.350. The first-order chi connectivity index (χ1) is 15.6. The Morgan fingerprint density at radius 1 is 1.30 bits per heavy atom. The first-order valence-electron chi connectivity index (χ1n) is 9.87. The van der Waals surface area contributed by atoms with Crippen LogP contribution in [0.15, 0.2) is 35.4 Å². The lowest BCUT2D eigenvalue weighted by molar-refractivity contribution is -0.385. The van der Waals surface area contributed by atoms with E-state index in [4.69, 9.17) is 9.47 Å². The van der Waals surface area contributed by atoms with Gasteiger partial charge in [0.25, 0.3) is 11.2 Å². The Morgan fingerprint density at radius 2 is 2.09 bits per heavy atom. The van der Waals surface area contributed by atoms with Crippen LogP contribution in [0.2, 0.25) is 0 Å². The Labute approximate surface area is 183 Å². The number of halogens is 3. The number of fused-ring (bicyclic) bond motifs is 1. The van der Waals surface area contributed by atoms with Crippen LogP contribution in [-0.2, 0) is 10.9 Å². The Balaban J connectivity index is 1.69. The molecule has 0 aliphatic carbocycles. The summed E-state index contributed by atoms with van der Waals surface area (Å²) in [6.45, 7) is 2.40. The second-order valence-electron chi connectivity index (χ2n) is 7.48. The smallest absolute Gasteiger partial charge is 0.416 e. The van der Waals surface area contributed by atoms with Gasteiger partial charge in [0.05, 0.1) is 35.1 Å². The minimum atomic E-state index is -4.75. The lowest BCUT2D eigenvalue weighted by atomic mass is 10.0. The molecule has 0 amide bonds. The van der Waals surface area contributed by atoms with Gasteiger partial charge in [-0.2, -0.15) is 13.2 Å². The molecule has 10 nitrogen and oxygen atoms in total. The van der Waals surface area contributed by atoms with Crippen LogP contribution in [0.4, 0.5) is 24.7 Å². The van der Waals surface area contributed by atoms with E-state index in [0.29, 0.717) is 31.1 Å². The molecule has 4 rings (SSSR count). The van der Waals surface area contributed by atoms with Crippen molar-refractivity contribution in [2.24, 2.45) is 0 Å². The molecule has 3 aromatic rings. The van der Waals surface area contributed by atoms with Crippen LogP contribution in [-0.4, -0.2) is 39.2 Å². The Kier molecular flexibility index (Phi) is 5.89. The van der Waals surface area contributed by atoms with Crippen molar-refractivity contribution < 1.29 is 27.6 Å². The summed E-state index contributed by atoms with van der Waals surface area (Å²) in [6.07, 6.45) is -3.24. The molecule has 1 aliphatic heterocycles. The number of aromatic nitrogens is 3. The molecular formula is C20H18F3N5O5. The van der Waals surface area contributed by atoms with Crippen LogP contribution in [0.1, 0.15) is 30.5 Å². The Morgan fingerprint density at radius 3 is 2.76 bits per heavy atom. The number of nitro benzene ring substituents is 1. The van der Waals surface area contributed by atoms with Crippen molar-refractivity contribution in [1.29, 1.82) is 0 Å². The zero-order chi connectivity index (χ0) is 23.8. The number of hydrogen-bond acceptors (Lipinski definition) is 8. The normalized spacial score (nSPS) is 17.2. The van der Waals surface area contributed by atoms with Gasteiger partial charge in [0, 0.05) is 24.6 Å². The lowest BCUT2D eigenvalue weighted by Crippen LogP contribution is -2.21. The molecule has 174 valence electrons. The highest BCUT2D eigenvalue weighted by molar-refractivity contribution is 5.87. The molecule has 13 heteroatoms. The number of alkyl halides is 3. The number of nitrogens with one attached hydrogen (secondary N) is 2. The summed E-state index contributed by atoms with van der Waals surface area (Å²) in [6, 6.07) is 3.02. The summed E-state index contributed by atoms with van der Waals surface area (Å²) in [5, 5.41) is 14.4. The van der Waals surface area contributed by atoms with Gasteiger partial charge in [-0.05, 0) is 18.6 Å². The Bertz CT molecular complexity index is 1260. The SMILES string of the molecule is C[C@@H](Nc1ncnc2[nH]c(=O)c(O[C@H]3CCOC3)cc12)c1cc([N+](=O)[O-])cc(C(F)(F)F)c1. The molecule has 1 aliphatic rings. The van der Waals surface area contributed by atoms with Crippen molar-refractivity contribution in [2.45, 2.75) is 31.7 Å². The van der Waals surface area contributed by atoms with Crippen LogP contribution < -0.4 is 15.6 Å². The standard InChI is InChI=1S/C20H18F3N5O5/c1-10(11-4-12(20(21,22)23)6-13(5-11)28(30)31)26-17-15-7-16(33-14-2-3-32-8-14)19(29)27-18(15)25-9-24-17/h4-7,9-10,14H,2-3,8H2,1H3,(H2,24,25,26,27,29)/t10-,14+/m1/s1. The van der Waals surface area contributed by atoms with Crippen molar-refractivity contribution in [2.75, 3.05) is 18.5 Å². The monoisotopic (exact) mass is 465 g/mol. The van der Waals surface area contributed by atoms with Crippen molar-refractivity contribution >= 4 is 22.5 Å². The summed E-state index contributed by atoms with van der Waals surface area (Å²) in [4.78, 5) is 33.3. The molecule has 0 radical (unpaired) electrons. The fourth-order valence-corrected chi connectivity index (χ4v) is 3.43. The number of H-pyrrole nitrogens is 1. The van der Waals surface area contributed by atoms with Crippen LogP contribution in [0.25, 0.3) is 11.0 Å². The molecule has 3 heterocycles. The van der Waals surface area contributed by atoms with Crippen LogP contribution >= 0.6 is 0 Å². The third-order valence-corrected chi connectivity index (χ3v) is 5.13. The molecule has 1 fully saturated rings. The van der Waals surface area contributed by atoms with Gasteiger partial charge in [-0.25, -0.2) is 9.97 Å². The zero-order valence-corrected chi connectivity index (χ0v) is 17.2. The summed E-state index contributed by atoms with van der Waals surface area (Å²) in [7, 11) is 0. The van der Waals surface area contributed by atoms with E-state index in [1.165, 1.54) is 19.3 Å². The molecule has 2 atom stereocenters. The van der Waals surface area contributed by atoms with Gasteiger partial charge in [0.15, 0.2) is 5.75 Å². The number of nitrogens with zero attached hydrogens (tertiary/aromatic N) is 3. The number of ether oxygens (including phenoxy) is 2. The lowest BCUT2D eigenvalue weighted by Gasteiger charge is -2.18. The number of pyridine rings is 1. The van der Waals surface area contributed by atoms with Crippen molar-refractivity contribution in [3.63, 3.8) is 0 Å². The number of rotatable bonds is 6. The van der Waals surface area contributed by atoms with Crippen LogP contribution in [0, 0.1) is 10.1 Å². The highest BCUT2D eigenvalue weighted by Crippen LogP contribution is 2.35. The number of non-ortho nitro benzene ring substituents is 1. The second-order valence-corrected chi connectivity index (χ2v) is 7.48. The fourth-order valence-electron chi connectivity index (χ4n) is 3.43. The molecule has 0 saturated carbocycles. The van der Waals surface area contributed by atoms with Gasteiger partial charge in [0.1, 0.15) is 23.9 Å². The van der Waals surface area contributed by atoms with E-state index < -0.39 is 34.0 Å². The van der Waals surface area contributed by atoms with Crippen LogP contribution in [0.5, 0.6) is 5.75 Å². The molecule has 1 aromatic carbocycles. The van der Waals surface area contributed by atoms with E-state index in [1.54, 1.807) is 0 Å². The summed E-state index contributed by atoms with van der Waals surface area (Å²) >= 11 is 0. The van der Waals surface area contributed by atoms with Gasteiger partial charge >= 0.3 is 6.18 Å². The van der Waals surface area contributed by atoms with Gasteiger partial charge in [-0.15, -0.1) is 0 Å². The highest BCUT2D eigenvalue weighted by atomic mass is 19.4. The molecule has 1 saturated heterocycles. The largest absolute Gasteiger partial charge is 0.482 e. The average molecular weight is 465 g/mol. The minimum Gasteiger partial charge on any atom is -0.482 e. The molecule has 0 unspecified atom stereocenters. The van der Waals surface area contributed by atoms with E-state index in [2.05, 4.69) is 20.3 Å². The summed E-state index contributed by atoms with van der Waals surface area (Å²) in [5.74, 6) is 0.231. The number of benzene rings is 1. The molecule has 2 N–H and O–H groups in total. The van der Waals surface area contributed by atoms with Crippen molar-refractivity contribution in [1.82, 2.24) is 15.0 Å². The number of aromatic amines is 1. The molecule has 33 heavy (non-hydrogen) atoms. The third kappa shape index (κ3) is 4.87. The number of hydrogen-bond donors (Lipinski definition) is 2. The van der Waals surface area contributed by atoms with E-state index >= 15 is 0 Å². The highest BCUT2D eigenvalue weighted by Gasteiger charge is 2.33. The first-order valence-corrected chi connectivity index (χ1v) is 9.87. The van der Waals surface area contributed by atoms with Crippen molar-refractivity contribution in [3.8, 4) is 5.75 Å². The summed E-state index contributed by atoms with van der Waals surface area (Å²) in [5.41, 5.74) is -2.09. The van der Waals surface area contributed by atoms with Gasteiger partial charge in [0.2, 0.25) is 0 Å². The second kappa shape index (κ2) is 8.65. The maximum absolute atomic E-state index is 13.2. The van der Waals surface area contributed by atoms with E-state index in [-0.39, 0.29) is 28.9 Å². The zero-order valence-electron chi connectivity index (χ0n) is 17.2. The van der Waals surface area contributed by atoms with Crippen molar-refractivity contribution in [3.05, 3.63) is 62.2 Å². The predicted molar refractivity (Wildman–Crippen MR) is 110 cm³/mol. The average Bonchev–Trinajstić information content (AvgIpc) is 3.27. The topological polar surface area (TPSA) is 132 Å². The molecule has 0 spiro atoms. The van der Waals surface area contributed by atoms with Gasteiger partial charge < -0.3 is 19.8 Å². The van der Waals surface area contributed by atoms with Gasteiger partial charge in [-0.1, -0.05) is 0 Å². The minimum absolute atomic E-state index is 0.0261. The quantitative estimate of drug-likeness (QED) is 0.417. The molecule has 0 bridgehead atoms. The third-order valence-electron chi connectivity index (χ3n) is 5.13. The predicted octanol–water partition coefficient (Wildman–Crippen LogP) is 3.59. The molecular weight excluding hydrogens is 447 g/mol. The Hall–Kier alpha value is -3.74. The maximum atomic E-state index is 13.2. The van der Waals surface area contributed by atoms with Gasteiger partial charge in [-0.3, -0.25) is 14.9 Å². The van der Waals surface area contributed by atoms with E-state index in [1.807, 2.05) is 0 Å².